The standard InChI is InChI=1S/C45H73N5O10S3/c1-14-17-24(6)34(52)26(8)37-25(7)30(58-13)18-31-46-29(19-61-31)39-49-45(12,21-62-39)43-50-44(11,20-63-43)42(57)48-32(22(4)15-2)35(53)27(9)40(55)59-36(23(5)16-3)38(54)47-33(28(10)51)41(56)60-37/h19,22-28,30,32-37,51-53H,14-18,20-21H2,1-13H3,(H,47,54)(H,48,57)/t22-,23-,24+,25-,26-,27+,28+,30-,32-,33-,34-,35-,36+,37-,44+,45+/m0/s1. The summed E-state index contributed by atoms with van der Waals surface area (Å²) in [5.74, 6) is -5.26. The molecule has 16 atom stereocenters. The second-order valence-electron chi connectivity index (χ2n) is 18.6. The first-order valence-corrected chi connectivity index (χ1v) is 25.4. The molecule has 0 radical (unpaired) electrons. The zero-order valence-electron chi connectivity index (χ0n) is 39.4. The summed E-state index contributed by atoms with van der Waals surface area (Å²) < 4.78 is 18.2. The molecular formula is C45H73N5O10S3. The van der Waals surface area contributed by atoms with E-state index in [0.29, 0.717) is 36.5 Å². The number of aliphatic hydroxyl groups excluding tert-OH is 3. The Kier molecular flexibility index (Phi) is 19.1. The molecule has 0 unspecified atom stereocenters. The van der Waals surface area contributed by atoms with Crippen molar-refractivity contribution in [1.29, 1.82) is 0 Å². The lowest BCUT2D eigenvalue weighted by atomic mass is 9.80. The molecule has 6 bridgehead atoms. The van der Waals surface area contributed by atoms with E-state index in [1.807, 2.05) is 60.8 Å². The van der Waals surface area contributed by atoms with E-state index < -0.39 is 107 Å². The number of ether oxygens (including phenoxy) is 3. The fourth-order valence-corrected chi connectivity index (χ4v) is 11.7. The Bertz CT molecular complexity index is 1810. The molecule has 4 rings (SSSR count). The first-order valence-electron chi connectivity index (χ1n) is 22.6. The van der Waals surface area contributed by atoms with Gasteiger partial charge < -0.3 is 40.2 Å². The van der Waals surface area contributed by atoms with Crippen molar-refractivity contribution < 1.29 is 48.7 Å². The summed E-state index contributed by atoms with van der Waals surface area (Å²) in [5.41, 5.74) is -1.17. The van der Waals surface area contributed by atoms with Crippen LogP contribution in [-0.2, 0) is 39.8 Å². The average Bonchev–Trinajstić information content (AvgIpc) is 4.01. The topological polar surface area (TPSA) is 218 Å². The van der Waals surface area contributed by atoms with Crippen LogP contribution in [0.4, 0.5) is 0 Å². The van der Waals surface area contributed by atoms with E-state index in [2.05, 4.69) is 10.6 Å². The quantitative estimate of drug-likeness (QED) is 0.181. The van der Waals surface area contributed by atoms with Gasteiger partial charge in [-0.15, -0.1) is 34.9 Å². The van der Waals surface area contributed by atoms with Gasteiger partial charge in [-0.2, -0.15) is 0 Å². The van der Waals surface area contributed by atoms with Gasteiger partial charge in [-0.3, -0.25) is 24.4 Å². The maximum Gasteiger partial charge on any atom is 0.331 e. The van der Waals surface area contributed by atoms with Crippen molar-refractivity contribution >= 4 is 68.7 Å². The lowest BCUT2D eigenvalue weighted by Gasteiger charge is -2.38. The van der Waals surface area contributed by atoms with E-state index >= 15 is 0 Å². The normalized spacial score (nSPS) is 34.6. The van der Waals surface area contributed by atoms with Crippen LogP contribution < -0.4 is 10.6 Å². The van der Waals surface area contributed by atoms with Crippen molar-refractivity contribution in [3.05, 3.63) is 16.1 Å². The smallest absolute Gasteiger partial charge is 0.331 e. The highest BCUT2D eigenvalue weighted by Crippen LogP contribution is 2.41. The number of aromatic nitrogens is 1. The van der Waals surface area contributed by atoms with Crippen LogP contribution in [0.1, 0.15) is 119 Å². The number of nitrogens with one attached hydrogen (secondary N) is 2. The van der Waals surface area contributed by atoms with E-state index in [-0.39, 0.29) is 11.8 Å². The largest absolute Gasteiger partial charge is 0.460 e. The Morgan fingerprint density at radius 1 is 0.905 bits per heavy atom. The van der Waals surface area contributed by atoms with E-state index in [9.17, 15) is 34.5 Å². The van der Waals surface area contributed by atoms with Gasteiger partial charge in [-0.05, 0) is 52.4 Å². The van der Waals surface area contributed by atoms with Crippen molar-refractivity contribution in [3.63, 3.8) is 0 Å². The summed E-state index contributed by atoms with van der Waals surface area (Å²) >= 11 is 4.51. The zero-order valence-corrected chi connectivity index (χ0v) is 41.8. The molecular weight excluding hydrogens is 867 g/mol. The summed E-state index contributed by atoms with van der Waals surface area (Å²) in [4.78, 5) is 71.4. The number of rotatable bonds is 11. The van der Waals surface area contributed by atoms with Crippen LogP contribution in [0.25, 0.3) is 0 Å². The van der Waals surface area contributed by atoms with Gasteiger partial charge in [0.05, 0.1) is 46.4 Å². The molecule has 1 aromatic heterocycles. The van der Waals surface area contributed by atoms with Gasteiger partial charge in [0.25, 0.3) is 5.91 Å². The molecule has 5 N–H and O–H groups in total. The Morgan fingerprint density at radius 3 is 2.16 bits per heavy atom. The van der Waals surface area contributed by atoms with Gasteiger partial charge in [-0.25, -0.2) is 9.78 Å². The van der Waals surface area contributed by atoms with E-state index in [1.54, 1.807) is 32.7 Å². The summed E-state index contributed by atoms with van der Waals surface area (Å²) in [6, 6.07) is -2.44. The number of carbonyl (C=O) groups excluding carboxylic acids is 4. The highest BCUT2D eigenvalue weighted by atomic mass is 32.2. The van der Waals surface area contributed by atoms with Gasteiger partial charge in [0.2, 0.25) is 5.91 Å². The molecule has 0 aromatic carbocycles. The SMILES string of the molecule is CCC[C@@H](C)[C@H](O)[C@H](C)[C@H]1OC(=O)[C@H]([C@@H](C)O)NC(=O)[C@@H]([C@@H](C)CC)OC(=O)[C@H](C)[C@H](O)[C@H]([C@@H](C)CC)NC(=O)[C@@]2(C)CSC(=N2)[C@@]2(C)CSC(=N2)c2csc(n2)C[C@H](OC)[C@@H]1C. The van der Waals surface area contributed by atoms with Crippen molar-refractivity contribution in [2.75, 3.05) is 18.6 Å². The van der Waals surface area contributed by atoms with E-state index in [4.69, 9.17) is 29.2 Å². The number of cyclic esters (lactones) is 2. The number of amides is 2. The van der Waals surface area contributed by atoms with Gasteiger partial charge in [-0.1, -0.05) is 68.2 Å². The number of thiazole rings is 1. The maximum absolute atomic E-state index is 14.2. The van der Waals surface area contributed by atoms with E-state index in [0.717, 1.165) is 27.9 Å². The van der Waals surface area contributed by atoms with E-state index in [1.165, 1.54) is 36.9 Å². The molecule has 4 heterocycles. The van der Waals surface area contributed by atoms with Gasteiger partial charge in [0, 0.05) is 48.2 Å². The Hall–Kier alpha value is -2.61. The van der Waals surface area contributed by atoms with Crippen molar-refractivity contribution in [2.24, 2.45) is 45.5 Å². The molecule has 0 spiro atoms. The fraction of sp³-hybridized carbons (Fsp3) is 0.800. The minimum atomic E-state index is -1.57. The fourth-order valence-electron chi connectivity index (χ4n) is 8.30. The highest BCUT2D eigenvalue weighted by molar-refractivity contribution is 8.16. The summed E-state index contributed by atoms with van der Waals surface area (Å²) in [7, 11) is 1.57. The Balaban J connectivity index is 1.81. The monoisotopic (exact) mass is 939 g/mol. The zero-order chi connectivity index (χ0) is 47.1. The third-order valence-corrected chi connectivity index (χ3v) is 17.0. The molecule has 63 heavy (non-hydrogen) atoms. The van der Waals surface area contributed by atoms with Crippen molar-refractivity contribution in [3.8, 4) is 0 Å². The predicted molar refractivity (Wildman–Crippen MR) is 250 cm³/mol. The molecule has 0 saturated heterocycles. The lowest BCUT2D eigenvalue weighted by Crippen LogP contribution is -2.57. The van der Waals surface area contributed by atoms with Crippen LogP contribution in [0.2, 0.25) is 0 Å². The highest BCUT2D eigenvalue weighted by Gasteiger charge is 2.48. The third-order valence-electron chi connectivity index (χ3n) is 13.3. The second-order valence-corrected chi connectivity index (χ2v) is 21.4. The number of thioether (sulfide) groups is 2. The van der Waals surface area contributed by atoms with Crippen LogP contribution in [-0.4, -0.2) is 133 Å². The number of carbonyl (C=O) groups is 4. The molecule has 2 amide bonds. The number of aliphatic imine (C=N–C) groups is 2. The average molecular weight is 940 g/mol. The van der Waals surface area contributed by atoms with Gasteiger partial charge >= 0.3 is 11.9 Å². The molecule has 356 valence electrons. The minimum Gasteiger partial charge on any atom is -0.460 e. The van der Waals surface area contributed by atoms with Crippen LogP contribution in [0, 0.1) is 35.5 Å². The number of aliphatic hydroxyl groups is 3. The summed E-state index contributed by atoms with van der Waals surface area (Å²) in [6.45, 7) is 21.6. The van der Waals surface area contributed by atoms with Crippen LogP contribution in [0.15, 0.2) is 15.4 Å². The van der Waals surface area contributed by atoms with Crippen LogP contribution in [0.3, 0.4) is 0 Å². The van der Waals surface area contributed by atoms with Crippen molar-refractivity contribution in [2.45, 2.75) is 175 Å². The van der Waals surface area contributed by atoms with Crippen molar-refractivity contribution in [1.82, 2.24) is 15.6 Å². The number of nitrogens with zero attached hydrogens (tertiary/aromatic N) is 3. The number of esters is 2. The molecule has 15 nitrogen and oxygen atoms in total. The second kappa shape index (κ2) is 22.7. The van der Waals surface area contributed by atoms with Gasteiger partial charge in [0.1, 0.15) is 27.9 Å². The first kappa shape index (κ1) is 53.0. The third kappa shape index (κ3) is 12.4. The Morgan fingerprint density at radius 2 is 1.56 bits per heavy atom. The number of methoxy groups -OCH3 is 1. The van der Waals surface area contributed by atoms with Crippen LogP contribution in [0.5, 0.6) is 0 Å². The Labute approximate surface area is 386 Å². The maximum atomic E-state index is 14.2. The number of hydrogen-bond acceptors (Lipinski definition) is 16. The lowest BCUT2D eigenvalue weighted by molar-refractivity contribution is -0.172. The predicted octanol–water partition coefficient (Wildman–Crippen LogP) is 5.20. The summed E-state index contributed by atoms with van der Waals surface area (Å²) in [5, 5.41) is 44.2. The number of hydrogen-bond donors (Lipinski definition) is 5. The molecule has 3 aliphatic heterocycles. The molecule has 1 aromatic rings. The molecule has 0 aliphatic carbocycles. The number of fused-ring (bicyclic) bond motifs is 6. The summed E-state index contributed by atoms with van der Waals surface area (Å²) in [6.07, 6.45) is -3.62. The molecule has 0 saturated carbocycles. The molecule has 18 heteroatoms. The first-order chi connectivity index (χ1) is 29.6. The molecule has 3 aliphatic rings. The van der Waals surface area contributed by atoms with Crippen LogP contribution >= 0.6 is 34.9 Å². The molecule has 0 fully saturated rings. The van der Waals surface area contributed by atoms with Gasteiger partial charge in [0.15, 0.2) is 12.1 Å². The minimum absolute atomic E-state index is 0.122.